The summed E-state index contributed by atoms with van der Waals surface area (Å²) in [6.07, 6.45) is 0. The Hall–Kier alpha value is -0.350. The Labute approximate surface area is 94.4 Å². The van der Waals surface area contributed by atoms with Gasteiger partial charge in [0.05, 0.1) is 10.1 Å². The van der Waals surface area contributed by atoms with Crippen molar-refractivity contribution in [3.63, 3.8) is 0 Å². The van der Waals surface area contributed by atoms with Gasteiger partial charge in [0.25, 0.3) is 0 Å². The first-order valence-electron chi connectivity index (χ1n) is 3.94. The SMILES string of the molecule is C.CC(C)S(=O)(=O)c1ccc(Br)cc1. The fourth-order valence-corrected chi connectivity index (χ4v) is 2.22. The van der Waals surface area contributed by atoms with Crippen LogP contribution < -0.4 is 0 Å². The van der Waals surface area contributed by atoms with E-state index in [9.17, 15) is 8.42 Å². The van der Waals surface area contributed by atoms with Gasteiger partial charge >= 0.3 is 0 Å². The van der Waals surface area contributed by atoms with E-state index in [0.29, 0.717) is 4.90 Å². The van der Waals surface area contributed by atoms with E-state index < -0.39 is 9.84 Å². The number of sulfone groups is 1. The van der Waals surface area contributed by atoms with Gasteiger partial charge in [-0.2, -0.15) is 0 Å². The molecule has 0 fully saturated rings. The maximum Gasteiger partial charge on any atom is 0.180 e. The van der Waals surface area contributed by atoms with E-state index in [1.807, 2.05) is 0 Å². The first-order valence-corrected chi connectivity index (χ1v) is 6.28. The lowest BCUT2D eigenvalue weighted by Crippen LogP contribution is -2.13. The molecule has 0 amide bonds. The fourth-order valence-electron chi connectivity index (χ4n) is 0.896. The molecular weight excluding hydrogens is 264 g/mol. The van der Waals surface area contributed by atoms with Gasteiger partial charge in [-0.25, -0.2) is 8.42 Å². The predicted molar refractivity (Wildman–Crippen MR) is 63.2 cm³/mol. The van der Waals surface area contributed by atoms with Crippen molar-refractivity contribution < 1.29 is 8.42 Å². The summed E-state index contributed by atoms with van der Waals surface area (Å²) in [6.45, 7) is 3.36. The maximum absolute atomic E-state index is 11.6. The van der Waals surface area contributed by atoms with Crippen molar-refractivity contribution in [2.24, 2.45) is 0 Å². The zero-order chi connectivity index (χ0) is 10.1. The van der Waals surface area contributed by atoms with Crippen molar-refractivity contribution in [2.75, 3.05) is 0 Å². The molecule has 14 heavy (non-hydrogen) atoms. The van der Waals surface area contributed by atoms with Crippen molar-refractivity contribution in [1.29, 1.82) is 0 Å². The standard InChI is InChI=1S/C9H11BrO2S.CH4/c1-7(2)13(11,12)9-5-3-8(10)4-6-9;/h3-7H,1-2H3;1H4. The average Bonchev–Trinajstić information content (AvgIpc) is 2.04. The Balaban J connectivity index is 0.00000169. The van der Waals surface area contributed by atoms with Crippen LogP contribution in [0.25, 0.3) is 0 Å². The summed E-state index contributed by atoms with van der Waals surface area (Å²) < 4.78 is 24.1. The smallest absolute Gasteiger partial charge is 0.180 e. The number of hydrogen-bond acceptors (Lipinski definition) is 2. The molecule has 0 saturated carbocycles. The second-order valence-electron chi connectivity index (χ2n) is 3.05. The van der Waals surface area contributed by atoms with E-state index >= 15 is 0 Å². The third-order valence-corrected chi connectivity index (χ3v) is 4.46. The van der Waals surface area contributed by atoms with Crippen LogP contribution in [-0.2, 0) is 9.84 Å². The van der Waals surface area contributed by atoms with Crippen molar-refractivity contribution >= 4 is 25.8 Å². The van der Waals surface area contributed by atoms with Crippen molar-refractivity contribution in [3.05, 3.63) is 28.7 Å². The Morgan fingerprint density at radius 3 is 1.93 bits per heavy atom. The lowest BCUT2D eigenvalue weighted by molar-refractivity contribution is 0.587. The van der Waals surface area contributed by atoms with Crippen LogP contribution in [-0.4, -0.2) is 13.7 Å². The minimum atomic E-state index is -3.11. The highest BCUT2D eigenvalue weighted by molar-refractivity contribution is 9.10. The van der Waals surface area contributed by atoms with Gasteiger partial charge in [0.1, 0.15) is 0 Å². The van der Waals surface area contributed by atoms with E-state index in [2.05, 4.69) is 15.9 Å². The van der Waals surface area contributed by atoms with E-state index in [4.69, 9.17) is 0 Å². The number of hydrogen-bond donors (Lipinski definition) is 0. The molecule has 0 aromatic heterocycles. The lowest BCUT2D eigenvalue weighted by Gasteiger charge is -2.06. The first-order chi connectivity index (χ1) is 5.94. The molecule has 0 radical (unpaired) electrons. The molecule has 80 valence electrons. The van der Waals surface area contributed by atoms with Crippen molar-refractivity contribution in [3.8, 4) is 0 Å². The zero-order valence-corrected chi connectivity index (χ0v) is 9.89. The molecule has 4 heteroatoms. The lowest BCUT2D eigenvalue weighted by atomic mass is 10.4. The van der Waals surface area contributed by atoms with Gasteiger partial charge < -0.3 is 0 Å². The molecule has 0 aliphatic rings. The van der Waals surface area contributed by atoms with Gasteiger partial charge in [-0.1, -0.05) is 23.4 Å². The van der Waals surface area contributed by atoms with Gasteiger partial charge in [0, 0.05) is 4.47 Å². The monoisotopic (exact) mass is 278 g/mol. The molecule has 0 aliphatic carbocycles. The van der Waals surface area contributed by atoms with Crippen LogP contribution >= 0.6 is 15.9 Å². The molecule has 0 saturated heterocycles. The molecule has 0 atom stereocenters. The Morgan fingerprint density at radius 2 is 1.57 bits per heavy atom. The van der Waals surface area contributed by atoms with Crippen LogP contribution in [0.5, 0.6) is 0 Å². The minimum absolute atomic E-state index is 0. The molecular formula is C10H15BrO2S. The van der Waals surface area contributed by atoms with Crippen molar-refractivity contribution in [1.82, 2.24) is 0 Å². The van der Waals surface area contributed by atoms with Gasteiger partial charge in [-0.15, -0.1) is 0 Å². The molecule has 1 aromatic rings. The Morgan fingerprint density at radius 1 is 1.14 bits per heavy atom. The highest BCUT2D eigenvalue weighted by atomic mass is 79.9. The summed E-state index contributed by atoms with van der Waals surface area (Å²) in [7, 11) is -3.11. The summed E-state index contributed by atoms with van der Waals surface area (Å²) in [6, 6.07) is 6.68. The van der Waals surface area contributed by atoms with Crippen LogP contribution in [0.15, 0.2) is 33.6 Å². The average molecular weight is 279 g/mol. The second kappa shape index (κ2) is 4.94. The molecule has 1 aromatic carbocycles. The molecule has 0 spiro atoms. The molecule has 0 heterocycles. The quantitative estimate of drug-likeness (QED) is 0.832. The van der Waals surface area contributed by atoms with E-state index in [1.165, 1.54) is 0 Å². The summed E-state index contributed by atoms with van der Waals surface area (Å²) in [4.78, 5) is 0.380. The Kier molecular flexibility index (Phi) is 4.81. The van der Waals surface area contributed by atoms with Crippen LogP contribution in [0.3, 0.4) is 0 Å². The number of rotatable bonds is 2. The highest BCUT2D eigenvalue weighted by Crippen LogP contribution is 2.18. The third-order valence-electron chi connectivity index (χ3n) is 1.76. The molecule has 0 aliphatic heterocycles. The normalized spacial score (nSPS) is 11.1. The molecule has 0 bridgehead atoms. The first kappa shape index (κ1) is 13.7. The minimum Gasteiger partial charge on any atom is -0.223 e. The molecule has 0 N–H and O–H groups in total. The van der Waals surface area contributed by atoms with Gasteiger partial charge in [-0.3, -0.25) is 0 Å². The van der Waals surface area contributed by atoms with Crippen LogP contribution in [0.1, 0.15) is 21.3 Å². The van der Waals surface area contributed by atoms with E-state index in [-0.39, 0.29) is 12.7 Å². The molecule has 0 unspecified atom stereocenters. The van der Waals surface area contributed by atoms with Crippen LogP contribution in [0.4, 0.5) is 0 Å². The Bertz CT molecular complexity index is 379. The molecule has 2 nitrogen and oxygen atoms in total. The predicted octanol–water partition coefficient (Wildman–Crippen LogP) is 3.27. The van der Waals surface area contributed by atoms with Gasteiger partial charge in [0.15, 0.2) is 9.84 Å². The topological polar surface area (TPSA) is 34.1 Å². The largest absolute Gasteiger partial charge is 0.223 e. The summed E-state index contributed by atoms with van der Waals surface area (Å²) in [5, 5.41) is -0.367. The second-order valence-corrected chi connectivity index (χ2v) is 6.47. The third kappa shape index (κ3) is 2.82. The van der Waals surface area contributed by atoms with Crippen LogP contribution in [0, 0.1) is 0 Å². The summed E-state index contributed by atoms with van der Waals surface area (Å²) >= 11 is 3.25. The summed E-state index contributed by atoms with van der Waals surface area (Å²) in [5.41, 5.74) is 0. The van der Waals surface area contributed by atoms with Crippen LogP contribution in [0.2, 0.25) is 0 Å². The van der Waals surface area contributed by atoms with E-state index in [0.717, 1.165) is 4.47 Å². The van der Waals surface area contributed by atoms with Crippen molar-refractivity contribution in [2.45, 2.75) is 31.4 Å². The number of benzene rings is 1. The van der Waals surface area contributed by atoms with E-state index in [1.54, 1.807) is 38.1 Å². The number of halogens is 1. The zero-order valence-electron chi connectivity index (χ0n) is 7.49. The maximum atomic E-state index is 11.6. The summed E-state index contributed by atoms with van der Waals surface area (Å²) in [5.74, 6) is 0. The van der Waals surface area contributed by atoms with Gasteiger partial charge in [0.2, 0.25) is 0 Å². The highest BCUT2D eigenvalue weighted by Gasteiger charge is 2.18. The van der Waals surface area contributed by atoms with Gasteiger partial charge in [-0.05, 0) is 38.1 Å². The fraction of sp³-hybridized carbons (Fsp3) is 0.400. The molecule has 1 rings (SSSR count).